The van der Waals surface area contributed by atoms with Gasteiger partial charge in [-0.1, -0.05) is 71.1 Å². The fraction of sp³-hybridized carbons (Fsp3) is 0.941. The molecule has 1 rings (SSSR count). The smallest absolute Gasteiger partial charge is 0.306 e. The van der Waals surface area contributed by atoms with Crippen LogP contribution < -0.4 is 0 Å². The van der Waals surface area contributed by atoms with Gasteiger partial charge in [-0.25, -0.2) is 0 Å². The minimum atomic E-state index is 0.0263. The predicted molar refractivity (Wildman–Crippen MR) is 80.2 cm³/mol. The Morgan fingerprint density at radius 2 is 1.32 bits per heavy atom. The Hall–Kier alpha value is -0.530. The maximum absolute atomic E-state index is 11.3. The van der Waals surface area contributed by atoms with Crippen LogP contribution in [0.15, 0.2) is 0 Å². The average Bonchev–Trinajstić information content (AvgIpc) is 3.20. The van der Waals surface area contributed by atoms with Gasteiger partial charge in [0.15, 0.2) is 0 Å². The van der Waals surface area contributed by atoms with Crippen molar-refractivity contribution in [2.75, 3.05) is 0 Å². The first-order valence-electron chi connectivity index (χ1n) is 8.52. The molecule has 0 spiro atoms. The third-order valence-electron chi connectivity index (χ3n) is 3.81. The Kier molecular flexibility index (Phi) is 9.84. The molecule has 1 saturated carbocycles. The highest BCUT2D eigenvalue weighted by Crippen LogP contribution is 2.24. The zero-order valence-electron chi connectivity index (χ0n) is 12.8. The molecule has 1 fully saturated rings. The van der Waals surface area contributed by atoms with Gasteiger partial charge in [0.1, 0.15) is 6.10 Å². The van der Waals surface area contributed by atoms with Crippen molar-refractivity contribution in [1.82, 2.24) is 0 Å². The van der Waals surface area contributed by atoms with Crippen LogP contribution >= 0.6 is 0 Å². The molecule has 1 aliphatic rings. The first-order chi connectivity index (χ1) is 9.33. The summed E-state index contributed by atoms with van der Waals surface area (Å²) in [5.41, 5.74) is 0. The number of carbonyl (C=O) groups is 1. The molecule has 2 heteroatoms. The lowest BCUT2D eigenvalue weighted by Gasteiger charge is -2.03. The summed E-state index contributed by atoms with van der Waals surface area (Å²) >= 11 is 0. The van der Waals surface area contributed by atoms with Crippen molar-refractivity contribution in [2.45, 2.75) is 103 Å². The molecule has 0 heterocycles. The average molecular weight is 268 g/mol. The van der Waals surface area contributed by atoms with Gasteiger partial charge in [0.2, 0.25) is 0 Å². The van der Waals surface area contributed by atoms with Crippen LogP contribution in [0.25, 0.3) is 0 Å². The fourth-order valence-corrected chi connectivity index (χ4v) is 2.36. The van der Waals surface area contributed by atoms with E-state index < -0.39 is 0 Å². The minimum Gasteiger partial charge on any atom is -0.462 e. The van der Waals surface area contributed by atoms with E-state index in [4.69, 9.17) is 4.74 Å². The number of rotatable bonds is 13. The van der Waals surface area contributed by atoms with Crippen molar-refractivity contribution >= 4 is 5.97 Å². The van der Waals surface area contributed by atoms with Crippen LogP contribution in [0.5, 0.6) is 0 Å². The second kappa shape index (κ2) is 11.3. The van der Waals surface area contributed by atoms with Crippen LogP contribution in [0.4, 0.5) is 0 Å². The molecule has 0 bridgehead atoms. The van der Waals surface area contributed by atoms with E-state index in [1.807, 2.05) is 0 Å². The largest absolute Gasteiger partial charge is 0.462 e. The van der Waals surface area contributed by atoms with E-state index >= 15 is 0 Å². The third kappa shape index (κ3) is 11.0. The van der Waals surface area contributed by atoms with Crippen molar-refractivity contribution in [1.29, 1.82) is 0 Å². The zero-order valence-corrected chi connectivity index (χ0v) is 12.8. The molecule has 0 aromatic heterocycles. The van der Waals surface area contributed by atoms with Gasteiger partial charge < -0.3 is 4.74 Å². The molecule has 0 aliphatic heterocycles. The molecule has 0 aromatic carbocycles. The van der Waals surface area contributed by atoms with Crippen LogP contribution in [-0.2, 0) is 9.53 Å². The Balaban J connectivity index is 1.70. The minimum absolute atomic E-state index is 0.0263. The summed E-state index contributed by atoms with van der Waals surface area (Å²) in [5.74, 6) is 0.0263. The Labute approximate surface area is 119 Å². The molecular formula is C17H32O2. The van der Waals surface area contributed by atoms with Crippen LogP contribution in [0.1, 0.15) is 96.8 Å². The number of hydrogen-bond acceptors (Lipinski definition) is 2. The topological polar surface area (TPSA) is 26.3 Å². The Morgan fingerprint density at radius 3 is 1.79 bits per heavy atom. The summed E-state index contributed by atoms with van der Waals surface area (Å²) in [6, 6.07) is 0. The van der Waals surface area contributed by atoms with Gasteiger partial charge in [0, 0.05) is 6.42 Å². The van der Waals surface area contributed by atoms with Gasteiger partial charge in [-0.05, 0) is 19.3 Å². The van der Waals surface area contributed by atoms with Crippen LogP contribution in [0, 0.1) is 0 Å². The quantitative estimate of drug-likeness (QED) is 0.330. The lowest BCUT2D eigenvalue weighted by Crippen LogP contribution is -2.05. The van der Waals surface area contributed by atoms with Gasteiger partial charge >= 0.3 is 5.97 Å². The van der Waals surface area contributed by atoms with E-state index in [0.717, 1.165) is 19.3 Å². The summed E-state index contributed by atoms with van der Waals surface area (Å²) in [6.45, 7) is 2.26. The van der Waals surface area contributed by atoms with E-state index in [9.17, 15) is 4.79 Å². The van der Waals surface area contributed by atoms with E-state index in [-0.39, 0.29) is 12.1 Å². The summed E-state index contributed by atoms with van der Waals surface area (Å²) in [7, 11) is 0. The zero-order chi connectivity index (χ0) is 13.8. The monoisotopic (exact) mass is 268 g/mol. The van der Waals surface area contributed by atoms with Crippen LogP contribution in [-0.4, -0.2) is 12.1 Å². The van der Waals surface area contributed by atoms with Gasteiger partial charge in [-0.15, -0.1) is 0 Å². The van der Waals surface area contributed by atoms with Gasteiger partial charge in [0.25, 0.3) is 0 Å². The molecule has 1 aliphatic carbocycles. The molecule has 0 saturated heterocycles. The highest BCUT2D eigenvalue weighted by atomic mass is 16.5. The van der Waals surface area contributed by atoms with E-state index in [1.165, 1.54) is 64.2 Å². The van der Waals surface area contributed by atoms with Gasteiger partial charge in [-0.2, -0.15) is 0 Å². The summed E-state index contributed by atoms with van der Waals surface area (Å²) in [4.78, 5) is 11.3. The molecule has 0 aromatic rings. The highest BCUT2D eigenvalue weighted by Gasteiger charge is 2.25. The predicted octanol–water partition coefficient (Wildman–Crippen LogP) is 5.39. The van der Waals surface area contributed by atoms with E-state index in [0.29, 0.717) is 6.42 Å². The van der Waals surface area contributed by atoms with Crippen molar-refractivity contribution in [3.8, 4) is 0 Å². The lowest BCUT2D eigenvalue weighted by atomic mass is 10.1. The van der Waals surface area contributed by atoms with Crippen molar-refractivity contribution in [3.63, 3.8) is 0 Å². The van der Waals surface area contributed by atoms with E-state index in [1.54, 1.807) is 0 Å². The number of hydrogen-bond donors (Lipinski definition) is 0. The van der Waals surface area contributed by atoms with Gasteiger partial charge in [-0.3, -0.25) is 4.79 Å². The van der Waals surface area contributed by atoms with Crippen molar-refractivity contribution in [2.24, 2.45) is 0 Å². The standard InChI is InChI=1S/C17H32O2/c1-2-3-4-5-6-7-8-9-10-11-12-13-17(18)19-16-14-15-16/h16H,2-15H2,1H3. The second-order valence-electron chi connectivity index (χ2n) is 5.97. The van der Waals surface area contributed by atoms with Crippen LogP contribution in [0.2, 0.25) is 0 Å². The number of esters is 1. The highest BCUT2D eigenvalue weighted by molar-refractivity contribution is 5.69. The normalized spacial score (nSPS) is 14.6. The van der Waals surface area contributed by atoms with Crippen molar-refractivity contribution < 1.29 is 9.53 Å². The first-order valence-corrected chi connectivity index (χ1v) is 8.52. The number of ether oxygens (including phenoxy) is 1. The molecule has 2 nitrogen and oxygen atoms in total. The number of carbonyl (C=O) groups excluding carboxylic acids is 1. The molecule has 0 atom stereocenters. The fourth-order valence-electron chi connectivity index (χ4n) is 2.36. The second-order valence-corrected chi connectivity index (χ2v) is 5.97. The maximum atomic E-state index is 11.3. The lowest BCUT2D eigenvalue weighted by molar-refractivity contribution is -0.145. The third-order valence-corrected chi connectivity index (χ3v) is 3.81. The Morgan fingerprint density at radius 1 is 0.842 bits per heavy atom. The SMILES string of the molecule is CCCCCCCCCCCCCC(=O)OC1CC1. The summed E-state index contributed by atoms with van der Waals surface area (Å²) in [5, 5.41) is 0. The Bertz CT molecular complexity index is 221. The molecule has 19 heavy (non-hydrogen) atoms. The molecule has 0 unspecified atom stereocenters. The first kappa shape index (κ1) is 16.5. The summed E-state index contributed by atoms with van der Waals surface area (Å²) in [6.07, 6.45) is 17.7. The van der Waals surface area contributed by atoms with Gasteiger partial charge in [0.05, 0.1) is 0 Å². The van der Waals surface area contributed by atoms with E-state index in [2.05, 4.69) is 6.92 Å². The number of unbranched alkanes of at least 4 members (excludes halogenated alkanes) is 10. The molecule has 0 N–H and O–H groups in total. The van der Waals surface area contributed by atoms with Crippen LogP contribution in [0.3, 0.4) is 0 Å². The molecule has 0 radical (unpaired) electrons. The van der Waals surface area contributed by atoms with Crippen molar-refractivity contribution in [3.05, 3.63) is 0 Å². The summed E-state index contributed by atoms with van der Waals surface area (Å²) < 4.78 is 5.21. The molecule has 0 amide bonds. The molecule has 112 valence electrons. The maximum Gasteiger partial charge on any atom is 0.306 e. The molecular weight excluding hydrogens is 236 g/mol.